The van der Waals surface area contributed by atoms with E-state index >= 15 is 0 Å². The van der Waals surface area contributed by atoms with Gasteiger partial charge in [0.15, 0.2) is 0 Å². The molecule has 0 aliphatic heterocycles. The number of hydrogen-bond donors (Lipinski definition) is 3. The zero-order chi connectivity index (χ0) is 16.2. The number of nitrogens with zero attached hydrogens (tertiary/aromatic N) is 1. The molecule has 8 nitrogen and oxygen atoms in total. The van der Waals surface area contributed by atoms with Crippen molar-refractivity contribution in [3.8, 4) is 0 Å². The second-order valence-electron chi connectivity index (χ2n) is 3.94. The van der Waals surface area contributed by atoms with E-state index in [1.165, 1.54) is 6.92 Å². The summed E-state index contributed by atoms with van der Waals surface area (Å²) in [5.41, 5.74) is -1.65. The molecular formula is C11H11F2N3O5. The minimum atomic E-state index is -1.39. The molecule has 114 valence electrons. The summed E-state index contributed by atoms with van der Waals surface area (Å²) in [6.45, 7) is 1.50. The number of nitro groups is 1. The van der Waals surface area contributed by atoms with Gasteiger partial charge in [-0.1, -0.05) is 6.92 Å². The topological polar surface area (TPSA) is 122 Å². The Labute approximate surface area is 116 Å². The molecule has 3 N–H and O–H groups in total. The second-order valence-corrected chi connectivity index (χ2v) is 3.94. The van der Waals surface area contributed by atoms with Crippen LogP contribution in [-0.4, -0.2) is 28.1 Å². The maximum absolute atomic E-state index is 13.4. The van der Waals surface area contributed by atoms with E-state index in [1.54, 1.807) is 0 Å². The zero-order valence-corrected chi connectivity index (χ0v) is 10.7. The number of hydrogen-bond acceptors (Lipinski definition) is 4. The van der Waals surface area contributed by atoms with E-state index < -0.39 is 46.0 Å². The summed E-state index contributed by atoms with van der Waals surface area (Å²) in [7, 11) is 0. The molecule has 0 heterocycles. The zero-order valence-electron chi connectivity index (χ0n) is 10.7. The Hall–Kier alpha value is -2.78. The van der Waals surface area contributed by atoms with Crippen molar-refractivity contribution in [3.63, 3.8) is 0 Å². The number of carbonyl (C=O) groups is 2. The molecular weight excluding hydrogens is 292 g/mol. The Kier molecular flexibility index (Phi) is 5.11. The molecule has 1 atom stereocenters. The third-order valence-electron chi connectivity index (χ3n) is 2.49. The predicted octanol–water partition coefficient (Wildman–Crippen LogP) is 1.86. The summed E-state index contributed by atoms with van der Waals surface area (Å²) < 4.78 is 26.5. The van der Waals surface area contributed by atoms with Crippen LogP contribution in [0.2, 0.25) is 0 Å². The van der Waals surface area contributed by atoms with Crippen LogP contribution in [0.25, 0.3) is 0 Å². The largest absolute Gasteiger partial charge is 0.480 e. The average Bonchev–Trinajstić information content (AvgIpc) is 2.38. The molecule has 0 saturated heterocycles. The van der Waals surface area contributed by atoms with Crippen LogP contribution in [0, 0.1) is 21.7 Å². The molecule has 0 aliphatic rings. The highest BCUT2D eigenvalue weighted by atomic mass is 19.1. The highest BCUT2D eigenvalue weighted by Crippen LogP contribution is 2.24. The van der Waals surface area contributed by atoms with Gasteiger partial charge in [0, 0.05) is 12.1 Å². The molecule has 0 bridgehead atoms. The van der Waals surface area contributed by atoms with Gasteiger partial charge in [-0.25, -0.2) is 14.0 Å². The van der Waals surface area contributed by atoms with Gasteiger partial charge in [-0.2, -0.15) is 4.39 Å². The lowest BCUT2D eigenvalue weighted by atomic mass is 10.2. The normalized spacial score (nSPS) is 11.6. The average molecular weight is 303 g/mol. The summed E-state index contributed by atoms with van der Waals surface area (Å²) >= 11 is 0. The lowest BCUT2D eigenvalue weighted by Crippen LogP contribution is -2.42. The van der Waals surface area contributed by atoms with E-state index in [0.29, 0.717) is 6.07 Å². The van der Waals surface area contributed by atoms with Gasteiger partial charge in [-0.15, -0.1) is 0 Å². The van der Waals surface area contributed by atoms with Crippen molar-refractivity contribution in [3.05, 3.63) is 33.9 Å². The molecule has 0 aromatic heterocycles. The molecule has 10 heteroatoms. The van der Waals surface area contributed by atoms with Gasteiger partial charge in [-0.05, 0) is 6.42 Å². The highest BCUT2D eigenvalue weighted by molar-refractivity contribution is 5.92. The first-order chi connectivity index (χ1) is 9.76. The fourth-order valence-electron chi connectivity index (χ4n) is 1.43. The quantitative estimate of drug-likeness (QED) is 0.566. The number of anilines is 1. The fourth-order valence-corrected chi connectivity index (χ4v) is 1.43. The summed E-state index contributed by atoms with van der Waals surface area (Å²) in [6, 6.07) is -1.53. The number of carbonyl (C=O) groups excluding carboxylic acids is 1. The van der Waals surface area contributed by atoms with Crippen molar-refractivity contribution >= 4 is 23.4 Å². The molecule has 0 spiro atoms. The first kappa shape index (κ1) is 16.3. The van der Waals surface area contributed by atoms with Crippen LogP contribution in [0.5, 0.6) is 0 Å². The molecule has 1 aromatic rings. The van der Waals surface area contributed by atoms with E-state index in [-0.39, 0.29) is 12.5 Å². The van der Waals surface area contributed by atoms with Crippen LogP contribution < -0.4 is 10.6 Å². The van der Waals surface area contributed by atoms with E-state index in [4.69, 9.17) is 5.11 Å². The third-order valence-corrected chi connectivity index (χ3v) is 2.49. The summed E-state index contributed by atoms with van der Waals surface area (Å²) in [5.74, 6) is -3.91. The number of nitro benzene ring substituents is 1. The van der Waals surface area contributed by atoms with Gasteiger partial charge < -0.3 is 15.7 Å². The van der Waals surface area contributed by atoms with Crippen LogP contribution in [-0.2, 0) is 4.79 Å². The standard InChI is InChI=1S/C11H11F2N3O5/c1-2-7(10(17)18)14-11(19)15-8-4-9(16(20)21)6(13)3-5(8)12/h3-4,7H,2H2,1H3,(H,17,18)(H2,14,15,19)/t7-/m0/s1. The number of urea groups is 1. The van der Waals surface area contributed by atoms with Crippen LogP contribution in [0.1, 0.15) is 13.3 Å². The number of benzene rings is 1. The molecule has 2 amide bonds. The van der Waals surface area contributed by atoms with Gasteiger partial charge in [0.05, 0.1) is 10.6 Å². The molecule has 0 fully saturated rings. The maximum Gasteiger partial charge on any atom is 0.326 e. The number of aliphatic carboxylic acids is 1. The van der Waals surface area contributed by atoms with Crippen LogP contribution in [0.15, 0.2) is 12.1 Å². The molecule has 0 unspecified atom stereocenters. The number of halogens is 2. The van der Waals surface area contributed by atoms with E-state index in [0.717, 1.165) is 0 Å². The Morgan fingerprint density at radius 2 is 2.00 bits per heavy atom. The first-order valence-corrected chi connectivity index (χ1v) is 5.70. The van der Waals surface area contributed by atoms with E-state index in [9.17, 15) is 28.5 Å². The molecule has 0 radical (unpaired) electrons. The molecule has 0 saturated carbocycles. The highest BCUT2D eigenvalue weighted by Gasteiger charge is 2.21. The van der Waals surface area contributed by atoms with Gasteiger partial charge >= 0.3 is 17.7 Å². The van der Waals surface area contributed by atoms with Gasteiger partial charge in [0.1, 0.15) is 11.9 Å². The molecule has 21 heavy (non-hydrogen) atoms. The number of rotatable bonds is 5. The van der Waals surface area contributed by atoms with Crippen LogP contribution in [0.3, 0.4) is 0 Å². The molecule has 0 aliphatic carbocycles. The maximum atomic E-state index is 13.4. The summed E-state index contributed by atoms with van der Waals surface area (Å²) in [6.07, 6.45) is 0.0782. The van der Waals surface area contributed by atoms with E-state index in [2.05, 4.69) is 0 Å². The Morgan fingerprint density at radius 1 is 1.38 bits per heavy atom. The minimum absolute atomic E-state index is 0.0782. The lowest BCUT2D eigenvalue weighted by Gasteiger charge is -2.13. The van der Waals surface area contributed by atoms with Crippen molar-refractivity contribution < 1.29 is 28.4 Å². The fraction of sp³-hybridized carbons (Fsp3) is 0.273. The van der Waals surface area contributed by atoms with Crippen molar-refractivity contribution in [2.45, 2.75) is 19.4 Å². The van der Waals surface area contributed by atoms with Crippen LogP contribution in [0.4, 0.5) is 25.0 Å². The SMILES string of the molecule is CC[C@H](NC(=O)Nc1cc([N+](=O)[O-])c(F)cc1F)C(=O)O. The Morgan fingerprint density at radius 3 is 2.48 bits per heavy atom. The minimum Gasteiger partial charge on any atom is -0.480 e. The Balaban J connectivity index is 2.92. The summed E-state index contributed by atoms with van der Waals surface area (Å²) in [5, 5.41) is 23.2. The van der Waals surface area contributed by atoms with Gasteiger partial charge in [0.25, 0.3) is 0 Å². The number of carboxylic acid groups (broad SMARTS) is 1. The number of amides is 2. The van der Waals surface area contributed by atoms with E-state index in [1.807, 2.05) is 10.6 Å². The van der Waals surface area contributed by atoms with Crippen molar-refractivity contribution in [1.82, 2.24) is 5.32 Å². The van der Waals surface area contributed by atoms with Gasteiger partial charge in [0.2, 0.25) is 5.82 Å². The number of nitrogens with one attached hydrogen (secondary N) is 2. The Bertz CT molecular complexity index is 593. The van der Waals surface area contributed by atoms with Crippen molar-refractivity contribution in [2.75, 3.05) is 5.32 Å². The molecule has 1 rings (SSSR count). The smallest absolute Gasteiger partial charge is 0.326 e. The predicted molar refractivity (Wildman–Crippen MR) is 66.9 cm³/mol. The first-order valence-electron chi connectivity index (χ1n) is 5.70. The monoisotopic (exact) mass is 303 g/mol. The molecule has 1 aromatic carbocycles. The second kappa shape index (κ2) is 6.59. The third kappa shape index (κ3) is 4.09. The number of carboxylic acids is 1. The van der Waals surface area contributed by atoms with Crippen molar-refractivity contribution in [1.29, 1.82) is 0 Å². The van der Waals surface area contributed by atoms with Crippen molar-refractivity contribution in [2.24, 2.45) is 0 Å². The van der Waals surface area contributed by atoms with Crippen LogP contribution >= 0.6 is 0 Å². The van der Waals surface area contributed by atoms with Gasteiger partial charge in [-0.3, -0.25) is 10.1 Å². The lowest BCUT2D eigenvalue weighted by molar-refractivity contribution is -0.387. The summed E-state index contributed by atoms with van der Waals surface area (Å²) in [4.78, 5) is 31.6.